The zero-order valence-corrected chi connectivity index (χ0v) is 17.7. The Morgan fingerprint density at radius 3 is 2.61 bits per heavy atom. The predicted octanol–water partition coefficient (Wildman–Crippen LogP) is 3.86. The van der Waals surface area contributed by atoms with Gasteiger partial charge in [-0.15, -0.1) is 0 Å². The van der Waals surface area contributed by atoms with Gasteiger partial charge >= 0.3 is 0 Å². The first-order valence-corrected chi connectivity index (χ1v) is 11.3. The zero-order chi connectivity index (χ0) is 21.4. The van der Waals surface area contributed by atoms with Crippen LogP contribution in [0.4, 0.5) is 10.1 Å². The van der Waals surface area contributed by atoms with E-state index in [1.165, 1.54) is 17.4 Å². The number of fused-ring (bicyclic) bond motifs is 1. The maximum Gasteiger partial charge on any atom is 0.274 e. The number of benzene rings is 2. The minimum absolute atomic E-state index is 0.00848. The highest BCUT2D eigenvalue weighted by molar-refractivity contribution is 7.20. The molecule has 160 valence electrons. The predicted molar refractivity (Wildman–Crippen MR) is 117 cm³/mol. The first kappa shape index (κ1) is 19.9. The largest absolute Gasteiger partial charge is 0.467 e. The third kappa shape index (κ3) is 3.99. The molecule has 0 bridgehead atoms. The molecule has 2 aliphatic rings. The lowest BCUT2D eigenvalue weighted by Gasteiger charge is -2.33. The molecule has 1 unspecified atom stereocenters. The number of piperidine rings is 1. The van der Waals surface area contributed by atoms with E-state index in [0.29, 0.717) is 43.2 Å². The van der Waals surface area contributed by atoms with Crippen molar-refractivity contribution in [2.75, 3.05) is 24.5 Å². The summed E-state index contributed by atoms with van der Waals surface area (Å²) in [5.41, 5.74) is 1.17. The van der Waals surface area contributed by atoms with Gasteiger partial charge in [0.05, 0.1) is 10.6 Å². The van der Waals surface area contributed by atoms with E-state index in [4.69, 9.17) is 4.74 Å². The highest BCUT2D eigenvalue weighted by atomic mass is 32.1. The molecule has 0 aliphatic carbocycles. The van der Waals surface area contributed by atoms with Crippen molar-refractivity contribution in [2.24, 2.45) is 5.92 Å². The molecule has 2 aromatic carbocycles. The molecular formula is C23H22FN3O3S. The number of halogens is 1. The molecule has 0 saturated carbocycles. The SMILES string of the molecule is O=C(C1CC(=O)N(c2ccccc2)C1)N1CCC(Oc2nc3c(F)cccc3s2)CC1. The Morgan fingerprint density at radius 1 is 1.10 bits per heavy atom. The number of likely N-dealkylation sites (tertiary alicyclic amines) is 1. The summed E-state index contributed by atoms with van der Waals surface area (Å²) < 4.78 is 20.6. The Hall–Kier alpha value is -3.00. The second-order valence-corrected chi connectivity index (χ2v) is 8.94. The van der Waals surface area contributed by atoms with Crippen molar-refractivity contribution in [1.29, 1.82) is 0 Å². The average molecular weight is 440 g/mol. The molecule has 3 heterocycles. The third-order valence-corrected chi connectivity index (χ3v) is 6.82. The highest BCUT2D eigenvalue weighted by Crippen LogP contribution is 2.32. The number of aromatic nitrogens is 1. The molecule has 0 radical (unpaired) electrons. The van der Waals surface area contributed by atoms with Gasteiger partial charge in [-0.1, -0.05) is 35.6 Å². The number of rotatable bonds is 4. The van der Waals surface area contributed by atoms with Crippen molar-refractivity contribution in [3.63, 3.8) is 0 Å². The zero-order valence-electron chi connectivity index (χ0n) is 16.9. The van der Waals surface area contributed by atoms with Gasteiger partial charge < -0.3 is 14.5 Å². The van der Waals surface area contributed by atoms with Crippen LogP contribution in [-0.2, 0) is 9.59 Å². The number of carbonyl (C=O) groups is 2. The van der Waals surface area contributed by atoms with Crippen LogP contribution in [0.1, 0.15) is 19.3 Å². The van der Waals surface area contributed by atoms with Crippen molar-refractivity contribution in [3.8, 4) is 5.19 Å². The minimum atomic E-state index is -0.348. The number of anilines is 1. The van der Waals surface area contributed by atoms with Crippen LogP contribution in [0.3, 0.4) is 0 Å². The van der Waals surface area contributed by atoms with Crippen LogP contribution in [0.2, 0.25) is 0 Å². The average Bonchev–Trinajstić information content (AvgIpc) is 3.38. The number of hydrogen-bond donors (Lipinski definition) is 0. The van der Waals surface area contributed by atoms with E-state index in [1.807, 2.05) is 41.3 Å². The van der Waals surface area contributed by atoms with Crippen molar-refractivity contribution >= 4 is 39.1 Å². The minimum Gasteiger partial charge on any atom is -0.467 e. The standard InChI is InChI=1S/C23H22FN3O3S/c24-18-7-4-8-19-21(18)25-23(31-19)30-17-9-11-26(12-10-17)22(29)15-13-20(28)27(14-15)16-5-2-1-3-6-16/h1-8,15,17H,9-14H2. The quantitative estimate of drug-likeness (QED) is 0.619. The Morgan fingerprint density at radius 2 is 1.87 bits per heavy atom. The van der Waals surface area contributed by atoms with Gasteiger partial charge in [0, 0.05) is 44.6 Å². The van der Waals surface area contributed by atoms with E-state index in [0.717, 1.165) is 10.4 Å². The van der Waals surface area contributed by atoms with E-state index < -0.39 is 0 Å². The van der Waals surface area contributed by atoms with Crippen LogP contribution in [0.25, 0.3) is 10.2 Å². The summed E-state index contributed by atoms with van der Waals surface area (Å²) in [6.07, 6.45) is 1.57. The lowest BCUT2D eigenvalue weighted by atomic mass is 10.0. The first-order chi connectivity index (χ1) is 15.1. The topological polar surface area (TPSA) is 62.7 Å². The van der Waals surface area contributed by atoms with Crippen LogP contribution >= 0.6 is 11.3 Å². The van der Waals surface area contributed by atoms with Gasteiger partial charge in [-0.2, -0.15) is 4.98 Å². The van der Waals surface area contributed by atoms with Crippen LogP contribution in [0.5, 0.6) is 5.19 Å². The summed E-state index contributed by atoms with van der Waals surface area (Å²) in [6, 6.07) is 14.3. The normalized spacial score (nSPS) is 19.9. The van der Waals surface area contributed by atoms with Crippen molar-refractivity contribution in [2.45, 2.75) is 25.4 Å². The number of ether oxygens (including phenoxy) is 1. The molecule has 2 fully saturated rings. The van der Waals surface area contributed by atoms with E-state index in [1.54, 1.807) is 11.0 Å². The fourth-order valence-corrected chi connectivity index (χ4v) is 5.17. The van der Waals surface area contributed by atoms with Gasteiger partial charge in [-0.05, 0) is 24.3 Å². The molecule has 8 heteroatoms. The Bertz CT molecular complexity index is 1110. The maximum absolute atomic E-state index is 13.8. The number of amides is 2. The van der Waals surface area contributed by atoms with Gasteiger partial charge in [0.25, 0.3) is 5.19 Å². The Labute approximate surface area is 183 Å². The van der Waals surface area contributed by atoms with E-state index >= 15 is 0 Å². The lowest BCUT2D eigenvalue weighted by Crippen LogP contribution is -2.44. The first-order valence-electron chi connectivity index (χ1n) is 10.4. The van der Waals surface area contributed by atoms with Gasteiger partial charge in [0.1, 0.15) is 17.4 Å². The summed E-state index contributed by atoms with van der Waals surface area (Å²) >= 11 is 1.33. The van der Waals surface area contributed by atoms with Crippen LogP contribution in [-0.4, -0.2) is 47.4 Å². The number of para-hydroxylation sites is 2. The highest BCUT2D eigenvalue weighted by Gasteiger charge is 2.38. The van der Waals surface area contributed by atoms with Crippen LogP contribution in [0, 0.1) is 11.7 Å². The fraction of sp³-hybridized carbons (Fsp3) is 0.348. The molecular weight excluding hydrogens is 417 g/mol. The monoisotopic (exact) mass is 439 g/mol. The Balaban J connectivity index is 1.17. The molecule has 6 nitrogen and oxygen atoms in total. The summed E-state index contributed by atoms with van der Waals surface area (Å²) in [5.74, 6) is -0.629. The van der Waals surface area contributed by atoms with Crippen molar-refractivity contribution in [3.05, 3.63) is 54.3 Å². The van der Waals surface area contributed by atoms with Crippen LogP contribution < -0.4 is 9.64 Å². The van der Waals surface area contributed by atoms with Gasteiger partial charge in [-0.3, -0.25) is 9.59 Å². The van der Waals surface area contributed by atoms with Crippen molar-refractivity contribution < 1.29 is 18.7 Å². The number of thiazole rings is 1. The summed E-state index contributed by atoms with van der Waals surface area (Å²) in [4.78, 5) is 33.2. The van der Waals surface area contributed by atoms with Gasteiger partial charge in [0.2, 0.25) is 11.8 Å². The van der Waals surface area contributed by atoms with Gasteiger partial charge in [-0.25, -0.2) is 4.39 Å². The van der Waals surface area contributed by atoms with E-state index in [-0.39, 0.29) is 36.1 Å². The molecule has 1 atom stereocenters. The van der Waals surface area contributed by atoms with E-state index in [2.05, 4.69) is 4.98 Å². The molecule has 31 heavy (non-hydrogen) atoms. The molecule has 1 aromatic heterocycles. The number of carbonyl (C=O) groups excluding carboxylic acids is 2. The molecule has 5 rings (SSSR count). The van der Waals surface area contributed by atoms with Crippen LogP contribution in [0.15, 0.2) is 48.5 Å². The molecule has 0 N–H and O–H groups in total. The van der Waals surface area contributed by atoms with Crippen molar-refractivity contribution in [1.82, 2.24) is 9.88 Å². The number of nitrogens with zero attached hydrogens (tertiary/aromatic N) is 3. The second-order valence-electron chi connectivity index (χ2n) is 7.95. The molecule has 2 amide bonds. The maximum atomic E-state index is 13.8. The molecule has 3 aromatic rings. The Kier molecular flexibility index (Phi) is 5.31. The molecule has 2 aliphatic heterocycles. The summed E-state index contributed by atoms with van der Waals surface area (Å²) in [6.45, 7) is 1.59. The second kappa shape index (κ2) is 8.26. The number of hydrogen-bond acceptors (Lipinski definition) is 5. The third-order valence-electron chi connectivity index (χ3n) is 5.91. The lowest BCUT2D eigenvalue weighted by molar-refractivity contribution is -0.137. The molecule has 0 spiro atoms. The molecule has 2 saturated heterocycles. The van der Waals surface area contributed by atoms with E-state index in [9.17, 15) is 14.0 Å². The summed E-state index contributed by atoms with van der Waals surface area (Å²) in [7, 11) is 0. The van der Waals surface area contributed by atoms with Gasteiger partial charge in [0.15, 0.2) is 0 Å². The summed E-state index contributed by atoms with van der Waals surface area (Å²) in [5, 5.41) is 0.463. The smallest absolute Gasteiger partial charge is 0.274 e. The fourth-order valence-electron chi connectivity index (χ4n) is 4.27.